The Balaban J connectivity index is 1.57. The summed E-state index contributed by atoms with van der Waals surface area (Å²) in [6.07, 6.45) is 11.5. The number of carbonyl (C=O) groups is 2. The van der Waals surface area contributed by atoms with Gasteiger partial charge < -0.3 is 0 Å². The summed E-state index contributed by atoms with van der Waals surface area (Å²) >= 11 is -3.16. The Morgan fingerprint density at radius 1 is 0.816 bits per heavy atom. The zero-order chi connectivity index (χ0) is 34.3. The molecule has 0 amide bonds. The predicted octanol–water partition coefficient (Wildman–Crippen LogP) is 5.11. The molecule has 246 valence electrons. The Morgan fingerprint density at radius 3 is 2.16 bits per heavy atom. The number of carboxylic acids is 2. The molecule has 0 radical (unpaired) electrons. The van der Waals surface area contributed by atoms with E-state index in [-0.39, 0.29) is 12.8 Å². The molecule has 2 aromatic heterocycles. The van der Waals surface area contributed by atoms with Crippen molar-refractivity contribution in [1.82, 2.24) is 7.17 Å². The normalized spacial score (nSPS) is 21.7. The van der Waals surface area contributed by atoms with Crippen molar-refractivity contribution >= 4 is 53.2 Å². The van der Waals surface area contributed by atoms with Gasteiger partial charge in [-0.3, -0.25) is 0 Å². The first-order valence-corrected chi connectivity index (χ1v) is 18.5. The summed E-state index contributed by atoms with van der Waals surface area (Å²) in [5.74, 6) is -1.68. The molecule has 9 heteroatoms. The number of carboxylic acid groups (broad SMARTS) is 2. The zero-order valence-electron chi connectivity index (χ0n) is 27.9. The fraction of sp³-hybridized carbons (Fsp3) is 0.200. The molecule has 6 aliphatic heterocycles. The zero-order valence-corrected chi connectivity index (χ0v) is 29.0. The third kappa shape index (κ3) is 3.39. The van der Waals surface area contributed by atoms with Crippen LogP contribution in [0.5, 0.6) is 0 Å². The quantitative estimate of drug-likeness (QED) is 0.305. The average Bonchev–Trinajstić information content (AvgIpc) is 3.73. The number of hydrogen-bond acceptors (Lipinski definition) is 2. The third-order valence-electron chi connectivity index (χ3n) is 10.8. The van der Waals surface area contributed by atoms with Gasteiger partial charge in [0.1, 0.15) is 0 Å². The molecule has 8 nitrogen and oxygen atoms in total. The molecule has 1 unspecified atom stereocenters. The van der Waals surface area contributed by atoms with Crippen LogP contribution in [0.4, 0.5) is 0 Å². The van der Waals surface area contributed by atoms with E-state index in [2.05, 4.69) is 85.6 Å². The number of hydrogen-bond donors (Lipinski definition) is 2. The van der Waals surface area contributed by atoms with Gasteiger partial charge in [0.05, 0.1) is 0 Å². The number of allylic oxidation sites excluding steroid dienone is 4. The molecule has 3 aromatic rings. The van der Waals surface area contributed by atoms with Crippen molar-refractivity contribution in [2.75, 3.05) is 0 Å². The van der Waals surface area contributed by atoms with E-state index in [1.54, 1.807) is 0 Å². The molecule has 1 atom stereocenters. The summed E-state index contributed by atoms with van der Waals surface area (Å²) in [6, 6.07) is 10.3. The van der Waals surface area contributed by atoms with Gasteiger partial charge in [-0.15, -0.1) is 0 Å². The van der Waals surface area contributed by atoms with Gasteiger partial charge in [-0.2, -0.15) is 0 Å². The number of benzene rings is 1. The molecule has 2 N–H and O–H groups in total. The molecule has 0 fully saturated rings. The van der Waals surface area contributed by atoms with E-state index >= 15 is 0 Å². The molecule has 6 aliphatic rings. The van der Waals surface area contributed by atoms with Crippen molar-refractivity contribution < 1.29 is 40.7 Å². The van der Waals surface area contributed by atoms with E-state index in [4.69, 9.17) is 0 Å². The summed E-state index contributed by atoms with van der Waals surface area (Å²) in [5.41, 5.74) is 17.1. The third-order valence-corrected chi connectivity index (χ3v) is 15.5. The van der Waals surface area contributed by atoms with Crippen LogP contribution >= 0.6 is 0 Å². The van der Waals surface area contributed by atoms with E-state index in [9.17, 15) is 19.8 Å². The first-order chi connectivity index (χ1) is 23.6. The Hall–Kier alpha value is -5.24. The van der Waals surface area contributed by atoms with E-state index in [0.717, 1.165) is 101 Å². The standard InChI is InChI=1S/C40H38N4O4.Fe/c1-7-26-21(3)30-18-32-23(5)28(14-16-36(45)46)39(43-32)38(25-12-10-9-11-13-25)40-29(15-17-37(47)48)24(6)33(44-40)20-35-27(8-2)22(4)31(42-35)19-34(26)41-30;/h7-13,18-20H,1-2,14-17H2,3-6H3,(H4,41,42,43,44,45,46,47,48);/q;+4/p-2. The second-order valence-corrected chi connectivity index (χ2v) is 16.5. The van der Waals surface area contributed by atoms with E-state index in [1.165, 1.54) is 0 Å². The van der Waals surface area contributed by atoms with Crippen LogP contribution in [0.3, 0.4) is 0 Å². The maximum atomic E-state index is 12.2. The molecule has 1 spiro atoms. The van der Waals surface area contributed by atoms with Crippen LogP contribution in [0, 0.1) is 13.8 Å². The SMILES string of the molecule is C=CC1=C(C)C2=[N+]3C1=Cc1c(C)c(CCC(=O)O)c4[n]1[Fe]31[n]3c(c(C)c(C=C)c3=C2)=CC2=[N+]1C(=C4c1ccccc1)C(CCC(=O)O)=C2C. The molecule has 8 heterocycles. The minimum absolute atomic E-state index is 0.000596. The predicted molar refractivity (Wildman–Crippen MR) is 187 cm³/mol. The number of aliphatic carboxylic acids is 2. The summed E-state index contributed by atoms with van der Waals surface area (Å²) in [5, 5.41) is 22.2. The van der Waals surface area contributed by atoms with Gasteiger partial charge in [0, 0.05) is 0 Å². The van der Waals surface area contributed by atoms with E-state index < -0.39 is 25.7 Å². The Bertz CT molecular complexity index is 2560. The van der Waals surface area contributed by atoms with Gasteiger partial charge in [0.2, 0.25) is 0 Å². The Morgan fingerprint density at radius 2 is 1.49 bits per heavy atom. The molecule has 49 heavy (non-hydrogen) atoms. The molecule has 0 saturated heterocycles. The molecule has 9 rings (SSSR count). The summed E-state index contributed by atoms with van der Waals surface area (Å²) in [6.45, 7) is 17.2. The van der Waals surface area contributed by atoms with Crippen LogP contribution in [0.25, 0.3) is 29.9 Å². The van der Waals surface area contributed by atoms with Crippen LogP contribution in [-0.4, -0.2) is 47.9 Å². The van der Waals surface area contributed by atoms with E-state index in [1.807, 2.05) is 30.4 Å². The van der Waals surface area contributed by atoms with Crippen LogP contribution in [0.15, 0.2) is 83.3 Å². The Kier molecular flexibility index (Phi) is 6.04. The maximum absolute atomic E-state index is 12.2. The number of aromatic nitrogens is 2. The van der Waals surface area contributed by atoms with E-state index in [0.29, 0.717) is 12.8 Å². The van der Waals surface area contributed by atoms with Crippen LogP contribution < -0.4 is 10.7 Å². The molecular weight excluding hydrogens is 656 g/mol. The average molecular weight is 693 g/mol. The first-order valence-electron chi connectivity index (χ1n) is 16.5. The topological polar surface area (TPSA) is 90.5 Å². The van der Waals surface area contributed by atoms with Crippen molar-refractivity contribution in [3.05, 3.63) is 133 Å². The Labute approximate surface area is 286 Å². The van der Waals surface area contributed by atoms with Gasteiger partial charge in [-0.1, -0.05) is 0 Å². The van der Waals surface area contributed by atoms with Crippen molar-refractivity contribution in [3.63, 3.8) is 0 Å². The van der Waals surface area contributed by atoms with Crippen molar-refractivity contribution in [2.45, 2.75) is 53.4 Å². The van der Waals surface area contributed by atoms with Crippen molar-refractivity contribution in [1.29, 1.82) is 0 Å². The fourth-order valence-corrected chi connectivity index (χ4v) is 14.6. The first kappa shape index (κ1) is 29.9. The van der Waals surface area contributed by atoms with Crippen molar-refractivity contribution in [3.8, 4) is 0 Å². The van der Waals surface area contributed by atoms with Crippen LogP contribution in [0.2, 0.25) is 0 Å². The monoisotopic (exact) mass is 692 g/mol. The second kappa shape index (κ2) is 9.91. The second-order valence-electron chi connectivity index (χ2n) is 13.2. The van der Waals surface area contributed by atoms with Gasteiger partial charge in [-0.05, 0) is 0 Å². The fourth-order valence-electron chi connectivity index (χ4n) is 8.54. The molecular formula is C40H36FeN4O4+2. The molecule has 0 saturated carbocycles. The number of rotatable bonds is 9. The molecule has 0 aliphatic carbocycles. The molecule has 1 aromatic carbocycles. The minimum atomic E-state index is -3.16. The molecule has 0 bridgehead atoms. The summed E-state index contributed by atoms with van der Waals surface area (Å²) in [7, 11) is 0. The van der Waals surface area contributed by atoms with Gasteiger partial charge >= 0.3 is 288 Å². The van der Waals surface area contributed by atoms with Crippen LogP contribution in [0.1, 0.15) is 72.3 Å². The van der Waals surface area contributed by atoms with Gasteiger partial charge in [-0.25, -0.2) is 0 Å². The van der Waals surface area contributed by atoms with Crippen LogP contribution in [-0.2, 0) is 29.7 Å². The summed E-state index contributed by atoms with van der Waals surface area (Å²) in [4.78, 5) is 24.3. The summed E-state index contributed by atoms with van der Waals surface area (Å²) < 4.78 is 10.3. The van der Waals surface area contributed by atoms with Gasteiger partial charge in [0.15, 0.2) is 0 Å². The number of nitrogens with zero attached hydrogens (tertiary/aromatic N) is 4. The van der Waals surface area contributed by atoms with Crippen molar-refractivity contribution in [2.24, 2.45) is 0 Å². The van der Waals surface area contributed by atoms with Gasteiger partial charge in [0.25, 0.3) is 0 Å².